The normalized spacial score (nSPS) is 20.4. The predicted octanol–water partition coefficient (Wildman–Crippen LogP) is 2.56. The van der Waals surface area contributed by atoms with Crippen LogP contribution in [0.4, 0.5) is 5.69 Å². The Bertz CT molecular complexity index is 562. The molecule has 0 bridgehead atoms. The zero-order valence-corrected chi connectivity index (χ0v) is 12.9. The van der Waals surface area contributed by atoms with Crippen molar-refractivity contribution >= 4 is 29.2 Å². The number of likely N-dealkylation sites (N-methyl/N-ethyl adjacent to an activating group) is 1. The molecule has 2 rings (SSSR count). The minimum absolute atomic E-state index is 0.0925. The highest BCUT2D eigenvalue weighted by Gasteiger charge is 2.33. The van der Waals surface area contributed by atoms with Gasteiger partial charge in [-0.2, -0.15) is 0 Å². The average Bonchev–Trinajstić information content (AvgIpc) is 3.06. The lowest BCUT2D eigenvalue weighted by molar-refractivity contribution is -0.117. The van der Waals surface area contributed by atoms with Gasteiger partial charge in [-0.05, 0) is 43.5 Å². The number of carboxylic acid groups (broad SMARTS) is 1. The maximum absolute atomic E-state index is 12.0. The van der Waals surface area contributed by atoms with E-state index in [9.17, 15) is 9.59 Å². The van der Waals surface area contributed by atoms with Crippen LogP contribution in [0.3, 0.4) is 0 Å². The van der Waals surface area contributed by atoms with Crippen LogP contribution in [0.15, 0.2) is 18.2 Å². The first-order valence-electron chi connectivity index (χ1n) is 6.88. The lowest BCUT2D eigenvalue weighted by Gasteiger charge is -2.16. The molecule has 0 spiro atoms. The van der Waals surface area contributed by atoms with Crippen molar-refractivity contribution in [1.29, 1.82) is 0 Å². The summed E-state index contributed by atoms with van der Waals surface area (Å²) in [6, 6.07) is 4.24. The summed E-state index contributed by atoms with van der Waals surface area (Å²) in [5.41, 5.74) is 0.421. The Labute approximate surface area is 128 Å². The molecular formula is C15H19ClN2O3. The molecule has 0 heterocycles. The fraction of sp³-hybridized carbons (Fsp3) is 0.467. The lowest BCUT2D eigenvalue weighted by Crippen LogP contribution is -2.31. The van der Waals surface area contributed by atoms with Gasteiger partial charge in [0.1, 0.15) is 0 Å². The third-order valence-electron chi connectivity index (χ3n) is 3.72. The van der Waals surface area contributed by atoms with Gasteiger partial charge in [0.05, 0.1) is 22.8 Å². The van der Waals surface area contributed by atoms with E-state index in [-0.39, 0.29) is 18.0 Å². The molecule has 1 aliphatic rings. The fourth-order valence-corrected chi connectivity index (χ4v) is 2.47. The third-order valence-corrected chi connectivity index (χ3v) is 4.05. The molecule has 0 aromatic heterocycles. The molecule has 1 fully saturated rings. The molecule has 6 heteroatoms. The maximum atomic E-state index is 12.0. The SMILES string of the molecule is CC1CC1CN(C)CC(=O)Nc1cc(C(=O)O)ccc1Cl. The Morgan fingerprint density at radius 2 is 2.14 bits per heavy atom. The molecular weight excluding hydrogens is 292 g/mol. The van der Waals surface area contributed by atoms with Crippen LogP contribution in [-0.2, 0) is 4.79 Å². The molecule has 1 aromatic carbocycles. The van der Waals surface area contributed by atoms with Crippen molar-refractivity contribution in [3.63, 3.8) is 0 Å². The van der Waals surface area contributed by atoms with Gasteiger partial charge in [0.2, 0.25) is 5.91 Å². The number of nitrogens with zero attached hydrogens (tertiary/aromatic N) is 1. The maximum Gasteiger partial charge on any atom is 0.335 e. The zero-order valence-electron chi connectivity index (χ0n) is 12.1. The van der Waals surface area contributed by atoms with E-state index in [0.29, 0.717) is 16.6 Å². The molecule has 0 saturated heterocycles. The minimum atomic E-state index is -1.05. The fourth-order valence-electron chi connectivity index (χ4n) is 2.31. The number of hydrogen-bond acceptors (Lipinski definition) is 3. The summed E-state index contributed by atoms with van der Waals surface area (Å²) in [6.45, 7) is 3.37. The lowest BCUT2D eigenvalue weighted by atomic mass is 10.2. The minimum Gasteiger partial charge on any atom is -0.478 e. The number of carboxylic acids is 1. The Kier molecular flexibility index (Phi) is 4.85. The number of carbonyl (C=O) groups excluding carboxylic acids is 1. The Balaban J connectivity index is 1.92. The highest BCUT2D eigenvalue weighted by Crippen LogP contribution is 2.37. The van der Waals surface area contributed by atoms with Crippen LogP contribution < -0.4 is 5.32 Å². The van der Waals surface area contributed by atoms with Crippen molar-refractivity contribution < 1.29 is 14.7 Å². The van der Waals surface area contributed by atoms with Crippen molar-refractivity contribution in [2.75, 3.05) is 25.5 Å². The highest BCUT2D eigenvalue weighted by molar-refractivity contribution is 6.33. The summed E-state index contributed by atoms with van der Waals surface area (Å²) in [6.07, 6.45) is 1.22. The van der Waals surface area contributed by atoms with Crippen LogP contribution in [0.2, 0.25) is 5.02 Å². The van der Waals surface area contributed by atoms with Crippen LogP contribution in [-0.4, -0.2) is 42.0 Å². The van der Waals surface area contributed by atoms with E-state index in [2.05, 4.69) is 12.2 Å². The van der Waals surface area contributed by atoms with E-state index >= 15 is 0 Å². The van der Waals surface area contributed by atoms with Gasteiger partial charge in [0, 0.05) is 6.54 Å². The van der Waals surface area contributed by atoms with Crippen LogP contribution in [0.1, 0.15) is 23.7 Å². The first-order valence-corrected chi connectivity index (χ1v) is 7.26. The van der Waals surface area contributed by atoms with Gasteiger partial charge in [-0.15, -0.1) is 0 Å². The van der Waals surface area contributed by atoms with Crippen molar-refractivity contribution in [2.24, 2.45) is 11.8 Å². The largest absolute Gasteiger partial charge is 0.478 e. The van der Waals surface area contributed by atoms with Crippen LogP contribution in [0.5, 0.6) is 0 Å². The number of amides is 1. The average molecular weight is 311 g/mol. The molecule has 5 nitrogen and oxygen atoms in total. The molecule has 1 amide bonds. The van der Waals surface area contributed by atoms with E-state index in [1.807, 2.05) is 11.9 Å². The Morgan fingerprint density at radius 3 is 2.71 bits per heavy atom. The summed E-state index contributed by atoms with van der Waals surface area (Å²) < 4.78 is 0. The van der Waals surface area contributed by atoms with Crippen molar-refractivity contribution in [3.05, 3.63) is 28.8 Å². The Hall–Kier alpha value is -1.59. The molecule has 2 atom stereocenters. The monoisotopic (exact) mass is 310 g/mol. The first kappa shape index (κ1) is 15.8. The molecule has 2 unspecified atom stereocenters. The predicted molar refractivity (Wildman–Crippen MR) is 81.8 cm³/mol. The second-order valence-corrected chi connectivity index (χ2v) is 6.12. The molecule has 21 heavy (non-hydrogen) atoms. The number of carbonyl (C=O) groups is 2. The Morgan fingerprint density at radius 1 is 1.48 bits per heavy atom. The second-order valence-electron chi connectivity index (χ2n) is 5.72. The summed E-state index contributed by atoms with van der Waals surface area (Å²) in [5, 5.41) is 11.9. The van der Waals surface area contributed by atoms with E-state index < -0.39 is 5.97 Å². The van der Waals surface area contributed by atoms with Crippen LogP contribution in [0, 0.1) is 11.8 Å². The van der Waals surface area contributed by atoms with Gasteiger partial charge in [0.15, 0.2) is 0 Å². The number of aromatic carboxylic acids is 1. The highest BCUT2D eigenvalue weighted by atomic mass is 35.5. The van der Waals surface area contributed by atoms with Crippen molar-refractivity contribution in [1.82, 2.24) is 4.90 Å². The van der Waals surface area contributed by atoms with Crippen LogP contribution >= 0.6 is 11.6 Å². The number of nitrogens with one attached hydrogen (secondary N) is 1. The molecule has 1 aliphatic carbocycles. The van der Waals surface area contributed by atoms with Crippen molar-refractivity contribution in [2.45, 2.75) is 13.3 Å². The molecule has 0 aliphatic heterocycles. The number of rotatable bonds is 6. The van der Waals surface area contributed by atoms with Gasteiger partial charge < -0.3 is 10.4 Å². The number of hydrogen-bond donors (Lipinski definition) is 2. The molecule has 2 N–H and O–H groups in total. The first-order chi connectivity index (χ1) is 9.86. The van der Waals surface area contributed by atoms with Gasteiger partial charge >= 0.3 is 5.97 Å². The van der Waals surface area contributed by atoms with E-state index in [1.54, 1.807) is 0 Å². The quantitative estimate of drug-likeness (QED) is 0.847. The molecule has 1 saturated carbocycles. The zero-order chi connectivity index (χ0) is 15.6. The van der Waals surface area contributed by atoms with Gasteiger partial charge in [0.25, 0.3) is 0 Å². The van der Waals surface area contributed by atoms with E-state index in [1.165, 1.54) is 24.6 Å². The number of benzene rings is 1. The summed E-state index contributed by atoms with van der Waals surface area (Å²) >= 11 is 5.97. The molecule has 0 radical (unpaired) electrons. The third kappa shape index (κ3) is 4.44. The van der Waals surface area contributed by atoms with E-state index in [4.69, 9.17) is 16.7 Å². The van der Waals surface area contributed by atoms with Gasteiger partial charge in [-0.3, -0.25) is 9.69 Å². The van der Waals surface area contributed by atoms with Gasteiger partial charge in [-0.1, -0.05) is 18.5 Å². The molecule has 1 aromatic rings. The topological polar surface area (TPSA) is 69.6 Å². The summed E-state index contributed by atoms with van der Waals surface area (Å²) in [5.74, 6) is 0.177. The second kappa shape index (κ2) is 6.45. The summed E-state index contributed by atoms with van der Waals surface area (Å²) in [7, 11) is 1.90. The van der Waals surface area contributed by atoms with E-state index in [0.717, 1.165) is 12.5 Å². The summed E-state index contributed by atoms with van der Waals surface area (Å²) in [4.78, 5) is 24.9. The smallest absolute Gasteiger partial charge is 0.335 e. The van der Waals surface area contributed by atoms with Gasteiger partial charge in [-0.25, -0.2) is 4.79 Å². The number of anilines is 1. The van der Waals surface area contributed by atoms with Crippen molar-refractivity contribution in [3.8, 4) is 0 Å². The standard InChI is InChI=1S/C15H19ClN2O3/c1-9-5-11(9)7-18(2)8-14(19)17-13-6-10(15(20)21)3-4-12(13)16/h3-4,6,9,11H,5,7-8H2,1-2H3,(H,17,19)(H,20,21). The number of halogens is 1. The molecule has 114 valence electrons. The van der Waals surface area contributed by atoms with Crippen LogP contribution in [0.25, 0.3) is 0 Å².